The van der Waals surface area contributed by atoms with Crippen molar-refractivity contribution < 1.29 is 0 Å². The molecule has 1 rings (SSSR count). The van der Waals surface area contributed by atoms with Crippen LogP contribution in [0.2, 0.25) is 0 Å². The van der Waals surface area contributed by atoms with Gasteiger partial charge in [0.15, 0.2) is 0 Å². The molecule has 0 radical (unpaired) electrons. The van der Waals surface area contributed by atoms with Gasteiger partial charge in [0.25, 0.3) is 0 Å². The van der Waals surface area contributed by atoms with Crippen molar-refractivity contribution >= 4 is 5.82 Å². The number of aromatic nitrogens is 1. The third-order valence-corrected chi connectivity index (χ3v) is 3.63. The number of aryl methyl sites for hydroxylation is 1. The Kier molecular flexibility index (Phi) is 4.52. The van der Waals surface area contributed by atoms with Gasteiger partial charge in [-0.15, -0.1) is 0 Å². The Labute approximate surface area is 105 Å². The van der Waals surface area contributed by atoms with Crippen LogP contribution in [-0.4, -0.2) is 24.1 Å². The zero-order valence-corrected chi connectivity index (χ0v) is 11.7. The molecule has 0 aromatic carbocycles. The van der Waals surface area contributed by atoms with Crippen molar-refractivity contribution in [3.8, 4) is 0 Å². The summed E-state index contributed by atoms with van der Waals surface area (Å²) in [7, 11) is 2.11. The molecule has 0 saturated carbocycles. The fourth-order valence-corrected chi connectivity index (χ4v) is 1.80. The SMILES string of the molecule is CCC(C)(C)N(C)c1ncc(CCN)cc1C. The van der Waals surface area contributed by atoms with Crippen molar-refractivity contribution in [1.82, 2.24) is 4.98 Å². The third kappa shape index (κ3) is 3.19. The van der Waals surface area contributed by atoms with Crippen LogP contribution in [0.1, 0.15) is 38.3 Å². The van der Waals surface area contributed by atoms with Gasteiger partial charge in [-0.1, -0.05) is 13.0 Å². The molecule has 1 aromatic heterocycles. The van der Waals surface area contributed by atoms with Gasteiger partial charge < -0.3 is 10.6 Å². The van der Waals surface area contributed by atoms with Crippen molar-refractivity contribution in [2.24, 2.45) is 5.73 Å². The topological polar surface area (TPSA) is 42.2 Å². The molecule has 0 spiro atoms. The second-order valence-corrected chi connectivity index (χ2v) is 5.25. The molecule has 0 bridgehead atoms. The van der Waals surface area contributed by atoms with Gasteiger partial charge >= 0.3 is 0 Å². The van der Waals surface area contributed by atoms with Crippen molar-refractivity contribution in [1.29, 1.82) is 0 Å². The lowest BCUT2D eigenvalue weighted by molar-refractivity contribution is 0.466. The first kappa shape index (κ1) is 14.0. The Bertz CT molecular complexity index is 372. The average molecular weight is 235 g/mol. The predicted molar refractivity (Wildman–Crippen MR) is 74.5 cm³/mol. The van der Waals surface area contributed by atoms with Crippen LogP contribution >= 0.6 is 0 Å². The first-order valence-electron chi connectivity index (χ1n) is 6.31. The largest absolute Gasteiger partial charge is 0.354 e. The molecule has 0 aliphatic carbocycles. The van der Waals surface area contributed by atoms with E-state index in [1.54, 1.807) is 0 Å². The minimum atomic E-state index is 0.132. The molecule has 17 heavy (non-hydrogen) atoms. The van der Waals surface area contributed by atoms with Crippen molar-refractivity contribution in [3.63, 3.8) is 0 Å². The minimum absolute atomic E-state index is 0.132. The number of nitrogens with two attached hydrogens (primary N) is 1. The zero-order valence-electron chi connectivity index (χ0n) is 11.7. The van der Waals surface area contributed by atoms with Gasteiger partial charge in [0.05, 0.1) is 0 Å². The van der Waals surface area contributed by atoms with Gasteiger partial charge in [-0.2, -0.15) is 0 Å². The number of anilines is 1. The highest BCUT2D eigenvalue weighted by atomic mass is 15.2. The van der Waals surface area contributed by atoms with E-state index in [0.717, 1.165) is 18.7 Å². The summed E-state index contributed by atoms with van der Waals surface area (Å²) < 4.78 is 0. The average Bonchev–Trinajstić information content (AvgIpc) is 2.29. The molecular weight excluding hydrogens is 210 g/mol. The van der Waals surface area contributed by atoms with Crippen LogP contribution in [0.5, 0.6) is 0 Å². The highest BCUT2D eigenvalue weighted by molar-refractivity contribution is 5.48. The maximum Gasteiger partial charge on any atom is 0.131 e. The van der Waals surface area contributed by atoms with E-state index in [4.69, 9.17) is 5.73 Å². The summed E-state index contributed by atoms with van der Waals surface area (Å²) in [5, 5.41) is 0. The quantitative estimate of drug-likeness (QED) is 0.852. The first-order valence-corrected chi connectivity index (χ1v) is 6.31. The monoisotopic (exact) mass is 235 g/mol. The number of nitrogens with zero attached hydrogens (tertiary/aromatic N) is 2. The van der Waals surface area contributed by atoms with Crippen molar-refractivity contribution in [2.45, 2.75) is 46.1 Å². The number of rotatable bonds is 5. The van der Waals surface area contributed by atoms with Crippen LogP contribution in [0.15, 0.2) is 12.3 Å². The maximum absolute atomic E-state index is 5.56. The number of hydrogen-bond acceptors (Lipinski definition) is 3. The third-order valence-electron chi connectivity index (χ3n) is 3.63. The summed E-state index contributed by atoms with van der Waals surface area (Å²) in [6, 6.07) is 2.19. The van der Waals surface area contributed by atoms with Crippen LogP contribution in [0, 0.1) is 6.92 Å². The number of hydrogen-bond donors (Lipinski definition) is 1. The van der Waals surface area contributed by atoms with Crippen LogP contribution in [-0.2, 0) is 6.42 Å². The molecule has 0 saturated heterocycles. The predicted octanol–water partition coefficient (Wildman–Crippen LogP) is 2.52. The molecule has 1 aromatic rings. The zero-order chi connectivity index (χ0) is 13.1. The molecule has 0 unspecified atom stereocenters. The molecular formula is C14H25N3. The molecule has 0 atom stereocenters. The normalized spacial score (nSPS) is 11.6. The molecule has 0 aliphatic heterocycles. The molecule has 1 heterocycles. The highest BCUT2D eigenvalue weighted by Crippen LogP contribution is 2.26. The van der Waals surface area contributed by atoms with Gasteiger partial charge in [-0.3, -0.25) is 0 Å². The van der Waals surface area contributed by atoms with Crippen LogP contribution in [0.25, 0.3) is 0 Å². The van der Waals surface area contributed by atoms with E-state index in [1.807, 2.05) is 6.20 Å². The number of pyridine rings is 1. The van der Waals surface area contributed by atoms with Gasteiger partial charge in [-0.05, 0) is 51.3 Å². The fourth-order valence-electron chi connectivity index (χ4n) is 1.80. The van der Waals surface area contributed by atoms with Crippen LogP contribution < -0.4 is 10.6 Å². The van der Waals surface area contributed by atoms with E-state index in [9.17, 15) is 0 Å². The molecule has 3 heteroatoms. The van der Waals surface area contributed by atoms with E-state index >= 15 is 0 Å². The van der Waals surface area contributed by atoms with Crippen LogP contribution in [0.3, 0.4) is 0 Å². The van der Waals surface area contributed by atoms with E-state index < -0.39 is 0 Å². The van der Waals surface area contributed by atoms with E-state index in [2.05, 4.69) is 50.7 Å². The molecule has 0 aliphatic rings. The summed E-state index contributed by atoms with van der Waals surface area (Å²) in [5.74, 6) is 1.07. The summed E-state index contributed by atoms with van der Waals surface area (Å²) >= 11 is 0. The Balaban J connectivity index is 2.99. The Hall–Kier alpha value is -1.09. The maximum atomic E-state index is 5.56. The molecule has 0 amide bonds. The van der Waals surface area contributed by atoms with E-state index in [1.165, 1.54) is 11.1 Å². The Morgan fingerprint density at radius 1 is 1.41 bits per heavy atom. The van der Waals surface area contributed by atoms with Gasteiger partial charge in [0, 0.05) is 18.8 Å². The van der Waals surface area contributed by atoms with Crippen LogP contribution in [0.4, 0.5) is 5.82 Å². The summed E-state index contributed by atoms with van der Waals surface area (Å²) in [6.45, 7) is 9.47. The molecule has 3 nitrogen and oxygen atoms in total. The van der Waals surface area contributed by atoms with Gasteiger partial charge in [-0.25, -0.2) is 4.98 Å². The molecule has 0 fully saturated rings. The van der Waals surface area contributed by atoms with Crippen molar-refractivity contribution in [3.05, 3.63) is 23.4 Å². The molecule has 2 N–H and O–H groups in total. The summed E-state index contributed by atoms with van der Waals surface area (Å²) in [6.07, 6.45) is 3.93. The standard InChI is InChI=1S/C14H25N3/c1-6-14(3,4)17(5)13-11(2)9-12(7-8-15)10-16-13/h9-10H,6-8,15H2,1-5H3. The first-order chi connectivity index (χ1) is 7.92. The van der Waals surface area contributed by atoms with Gasteiger partial charge in [0.2, 0.25) is 0 Å². The van der Waals surface area contributed by atoms with Gasteiger partial charge in [0.1, 0.15) is 5.82 Å². The minimum Gasteiger partial charge on any atom is -0.354 e. The highest BCUT2D eigenvalue weighted by Gasteiger charge is 2.23. The molecule has 96 valence electrons. The smallest absolute Gasteiger partial charge is 0.131 e. The van der Waals surface area contributed by atoms with E-state index in [0.29, 0.717) is 6.54 Å². The van der Waals surface area contributed by atoms with Crippen molar-refractivity contribution in [2.75, 3.05) is 18.5 Å². The second kappa shape index (κ2) is 5.50. The van der Waals surface area contributed by atoms with E-state index in [-0.39, 0.29) is 5.54 Å². The lowest BCUT2D eigenvalue weighted by Crippen LogP contribution is -2.41. The summed E-state index contributed by atoms with van der Waals surface area (Å²) in [5.41, 5.74) is 8.13. The second-order valence-electron chi connectivity index (χ2n) is 5.25. The Morgan fingerprint density at radius 2 is 2.06 bits per heavy atom. The lowest BCUT2D eigenvalue weighted by Gasteiger charge is -2.36. The summed E-state index contributed by atoms with van der Waals surface area (Å²) in [4.78, 5) is 6.84. The fraction of sp³-hybridized carbons (Fsp3) is 0.643. The lowest BCUT2D eigenvalue weighted by atomic mass is 9.99. The Morgan fingerprint density at radius 3 is 2.53 bits per heavy atom.